The summed E-state index contributed by atoms with van der Waals surface area (Å²) in [5, 5.41) is 5.15. The van der Waals surface area contributed by atoms with Crippen molar-refractivity contribution in [2.24, 2.45) is 0 Å². The van der Waals surface area contributed by atoms with Gasteiger partial charge in [-0.2, -0.15) is 9.97 Å². The molecule has 5 aromatic heterocycles. The van der Waals surface area contributed by atoms with Crippen molar-refractivity contribution in [3.05, 3.63) is 152 Å². The zero-order valence-corrected chi connectivity index (χ0v) is 27.0. The predicted octanol–water partition coefficient (Wildman–Crippen LogP) is 11.2. The van der Waals surface area contributed by atoms with Gasteiger partial charge in [-0.05, 0) is 30.3 Å². The lowest BCUT2D eigenvalue weighted by Crippen LogP contribution is -2.06. The Morgan fingerprint density at radius 2 is 0.902 bits per heavy atom. The highest BCUT2D eigenvalue weighted by molar-refractivity contribution is 6.21. The lowest BCUT2D eigenvalue weighted by atomic mass is 10.0. The molecule has 0 fully saturated rings. The van der Waals surface area contributed by atoms with Crippen molar-refractivity contribution in [2.45, 2.75) is 0 Å². The van der Waals surface area contributed by atoms with Gasteiger partial charge in [-0.1, -0.05) is 121 Å². The number of benzene rings is 6. The summed E-state index contributed by atoms with van der Waals surface area (Å²) in [6, 6.07) is 51.1. The van der Waals surface area contributed by atoms with Crippen LogP contribution < -0.4 is 0 Å². The van der Waals surface area contributed by atoms with Gasteiger partial charge >= 0.3 is 0 Å². The van der Waals surface area contributed by atoms with Gasteiger partial charge in [0.2, 0.25) is 5.95 Å². The third-order valence-electron chi connectivity index (χ3n) is 9.68. The summed E-state index contributed by atoms with van der Waals surface area (Å²) < 4.78 is 14.9. The van der Waals surface area contributed by atoms with Crippen molar-refractivity contribution in [1.82, 2.24) is 24.5 Å². The summed E-state index contributed by atoms with van der Waals surface area (Å²) >= 11 is 0. The maximum Gasteiger partial charge on any atom is 0.238 e. The summed E-state index contributed by atoms with van der Waals surface area (Å²) in [5.41, 5.74) is 9.31. The molecule has 51 heavy (non-hydrogen) atoms. The molecular formula is C44H25N5O2. The molecule has 0 aliphatic carbocycles. The monoisotopic (exact) mass is 655 g/mol. The van der Waals surface area contributed by atoms with Crippen molar-refractivity contribution in [3.8, 4) is 40.0 Å². The molecule has 0 spiro atoms. The molecule has 0 saturated heterocycles. The number of para-hydroxylation sites is 4. The fourth-order valence-corrected chi connectivity index (χ4v) is 7.34. The number of fused-ring (bicyclic) bond motifs is 10. The molecule has 0 amide bonds. The number of nitrogens with zero attached hydrogens (tertiary/aromatic N) is 5. The van der Waals surface area contributed by atoms with Gasteiger partial charge in [-0.15, -0.1) is 0 Å². The van der Waals surface area contributed by atoms with Crippen LogP contribution in [-0.4, -0.2) is 24.5 Å². The smallest absolute Gasteiger partial charge is 0.238 e. The van der Waals surface area contributed by atoms with E-state index < -0.39 is 0 Å². The molecule has 0 saturated carbocycles. The summed E-state index contributed by atoms with van der Waals surface area (Å²) in [4.78, 5) is 20.4. The molecule has 7 heteroatoms. The number of hydrogen-bond acceptors (Lipinski definition) is 6. The number of hydrogen-bond donors (Lipinski definition) is 0. The topological polar surface area (TPSA) is 82.8 Å². The van der Waals surface area contributed by atoms with Crippen LogP contribution in [0.2, 0.25) is 0 Å². The Balaban J connectivity index is 1.12. The average Bonchev–Trinajstić information content (AvgIpc) is 3.88. The molecular weight excluding hydrogens is 631 g/mol. The van der Waals surface area contributed by atoms with Crippen molar-refractivity contribution < 1.29 is 8.83 Å². The molecule has 11 rings (SSSR count). The Hall–Kier alpha value is -7.12. The van der Waals surface area contributed by atoms with Crippen LogP contribution in [0.25, 0.3) is 106 Å². The summed E-state index contributed by atoms with van der Waals surface area (Å²) in [6.07, 6.45) is 0. The molecule has 11 aromatic rings. The first kappa shape index (κ1) is 27.8. The van der Waals surface area contributed by atoms with Crippen LogP contribution in [-0.2, 0) is 0 Å². The lowest BCUT2D eigenvalue weighted by Gasteiger charge is -2.11. The van der Waals surface area contributed by atoms with Crippen LogP contribution >= 0.6 is 0 Å². The first-order valence-electron chi connectivity index (χ1n) is 16.8. The highest BCUT2D eigenvalue weighted by Gasteiger charge is 2.22. The van der Waals surface area contributed by atoms with E-state index in [-0.39, 0.29) is 0 Å². The number of pyridine rings is 1. The van der Waals surface area contributed by atoms with Crippen LogP contribution in [0, 0.1) is 0 Å². The van der Waals surface area contributed by atoms with Gasteiger partial charge in [0.15, 0.2) is 22.8 Å². The van der Waals surface area contributed by atoms with Crippen molar-refractivity contribution in [1.29, 1.82) is 0 Å². The van der Waals surface area contributed by atoms with Gasteiger partial charge in [0, 0.05) is 38.2 Å². The minimum atomic E-state index is 0.561. The van der Waals surface area contributed by atoms with Gasteiger partial charge in [0.25, 0.3) is 0 Å². The molecule has 0 unspecified atom stereocenters. The van der Waals surface area contributed by atoms with E-state index in [9.17, 15) is 0 Å². The summed E-state index contributed by atoms with van der Waals surface area (Å²) in [5.74, 6) is 1.74. The van der Waals surface area contributed by atoms with E-state index >= 15 is 0 Å². The molecule has 0 atom stereocenters. The molecule has 238 valence electrons. The quantitative estimate of drug-likeness (QED) is 0.188. The Kier molecular flexibility index (Phi) is 5.83. The van der Waals surface area contributed by atoms with Gasteiger partial charge in [-0.25, -0.2) is 9.97 Å². The van der Waals surface area contributed by atoms with Crippen LogP contribution in [0.1, 0.15) is 0 Å². The van der Waals surface area contributed by atoms with Gasteiger partial charge in [0.05, 0.1) is 22.1 Å². The van der Waals surface area contributed by atoms with E-state index in [1.807, 2.05) is 72.8 Å². The zero-order valence-electron chi connectivity index (χ0n) is 27.0. The lowest BCUT2D eigenvalue weighted by molar-refractivity contribution is 0.633. The fraction of sp³-hybridized carbons (Fsp3) is 0. The third-order valence-corrected chi connectivity index (χ3v) is 9.68. The molecule has 0 aliphatic rings. The molecule has 6 aromatic carbocycles. The first-order chi connectivity index (χ1) is 25.3. The second-order valence-electron chi connectivity index (χ2n) is 12.6. The SMILES string of the molecule is c1ccc(-c2nc(-c3ccc(-c4nc5c6ccccc6oc5c5oc6ccccc6c45)cc3)nc(-n3c4ccccc4c4ccccc43)n2)cc1. The van der Waals surface area contributed by atoms with E-state index in [0.717, 1.165) is 77.0 Å². The Labute approximate surface area is 290 Å². The van der Waals surface area contributed by atoms with E-state index in [4.69, 9.17) is 28.8 Å². The zero-order chi connectivity index (χ0) is 33.5. The summed E-state index contributed by atoms with van der Waals surface area (Å²) in [6.45, 7) is 0. The molecule has 5 heterocycles. The highest BCUT2D eigenvalue weighted by Crippen LogP contribution is 2.42. The number of rotatable bonds is 4. The van der Waals surface area contributed by atoms with E-state index in [0.29, 0.717) is 28.8 Å². The van der Waals surface area contributed by atoms with Crippen LogP contribution in [0.5, 0.6) is 0 Å². The minimum absolute atomic E-state index is 0.561. The maximum absolute atomic E-state index is 6.45. The van der Waals surface area contributed by atoms with E-state index in [1.54, 1.807) is 0 Å². The fourth-order valence-electron chi connectivity index (χ4n) is 7.34. The van der Waals surface area contributed by atoms with Gasteiger partial charge in [-0.3, -0.25) is 4.57 Å². The molecule has 7 nitrogen and oxygen atoms in total. The maximum atomic E-state index is 6.45. The minimum Gasteiger partial charge on any atom is -0.452 e. The molecule has 0 bridgehead atoms. The Bertz CT molecular complexity index is 3090. The van der Waals surface area contributed by atoms with Crippen LogP contribution in [0.3, 0.4) is 0 Å². The standard InChI is InChI=1S/C44H25N5O2/c1-2-12-27(13-3-1)42-46-43(48-44(47-42)49-33-18-8-4-14-29(33)30-15-5-9-19-34(30)49)28-24-22-26(23-25-28)38-37-31-16-6-10-20-35(31)50-40(37)41-39(45-38)32-17-7-11-21-36(32)51-41/h1-25H. The Morgan fingerprint density at radius 1 is 0.392 bits per heavy atom. The van der Waals surface area contributed by atoms with Crippen LogP contribution in [0.4, 0.5) is 0 Å². The summed E-state index contributed by atoms with van der Waals surface area (Å²) in [7, 11) is 0. The average molecular weight is 656 g/mol. The van der Waals surface area contributed by atoms with E-state index in [1.165, 1.54) is 0 Å². The van der Waals surface area contributed by atoms with Crippen molar-refractivity contribution in [3.63, 3.8) is 0 Å². The van der Waals surface area contributed by atoms with Gasteiger partial charge in [0.1, 0.15) is 16.7 Å². The van der Waals surface area contributed by atoms with Crippen LogP contribution in [0.15, 0.2) is 160 Å². The third kappa shape index (κ3) is 4.18. The highest BCUT2D eigenvalue weighted by atomic mass is 16.4. The second-order valence-corrected chi connectivity index (χ2v) is 12.6. The molecule has 0 aliphatic heterocycles. The first-order valence-corrected chi connectivity index (χ1v) is 16.8. The van der Waals surface area contributed by atoms with Crippen molar-refractivity contribution in [2.75, 3.05) is 0 Å². The number of aromatic nitrogens is 5. The largest absolute Gasteiger partial charge is 0.452 e. The normalized spacial score (nSPS) is 11.9. The van der Waals surface area contributed by atoms with Crippen molar-refractivity contribution >= 4 is 65.8 Å². The second kappa shape index (κ2) is 10.7. The predicted molar refractivity (Wildman–Crippen MR) is 203 cm³/mol. The molecule has 0 N–H and O–H groups in total. The molecule has 0 radical (unpaired) electrons. The van der Waals surface area contributed by atoms with E-state index in [2.05, 4.69) is 83.4 Å². The van der Waals surface area contributed by atoms with Gasteiger partial charge < -0.3 is 8.83 Å². The Morgan fingerprint density at radius 3 is 1.59 bits per heavy atom. The number of furan rings is 2.